The minimum Gasteiger partial charge on any atom is -0.467 e. The smallest absolute Gasteiger partial charge is 0.330 e. The van der Waals surface area contributed by atoms with Crippen LogP contribution in [0.15, 0.2) is 58.3 Å². The Bertz CT molecular complexity index is 1200. The number of methoxy groups -OCH3 is 1. The zero-order valence-corrected chi connectivity index (χ0v) is 21.5. The van der Waals surface area contributed by atoms with Crippen molar-refractivity contribution in [1.82, 2.24) is 9.80 Å². The minimum absolute atomic E-state index is 0.0143. The van der Waals surface area contributed by atoms with Crippen LogP contribution in [0.25, 0.3) is 6.08 Å². The van der Waals surface area contributed by atoms with Gasteiger partial charge in [-0.15, -0.1) is 0 Å². The number of nitro benzene ring substituents is 1. The molecule has 1 aliphatic rings. The van der Waals surface area contributed by atoms with Crippen LogP contribution in [0.1, 0.15) is 37.8 Å². The third-order valence-electron chi connectivity index (χ3n) is 5.93. The first-order valence-corrected chi connectivity index (χ1v) is 12.3. The molecule has 0 aliphatic carbocycles. The molecule has 0 spiro atoms. The molecular weight excluding hydrogens is 482 g/mol. The van der Waals surface area contributed by atoms with E-state index in [0.717, 1.165) is 10.5 Å². The molecule has 1 unspecified atom stereocenters. The summed E-state index contributed by atoms with van der Waals surface area (Å²) in [6.07, 6.45) is 2.83. The molecule has 9 nitrogen and oxygen atoms in total. The van der Waals surface area contributed by atoms with E-state index in [1.807, 2.05) is 24.3 Å². The number of rotatable bonds is 7. The van der Waals surface area contributed by atoms with Crippen LogP contribution >= 0.6 is 11.8 Å². The van der Waals surface area contributed by atoms with E-state index in [1.54, 1.807) is 12.1 Å². The van der Waals surface area contributed by atoms with Gasteiger partial charge in [0.25, 0.3) is 5.69 Å². The molecule has 2 aromatic carbocycles. The summed E-state index contributed by atoms with van der Waals surface area (Å²) in [4.78, 5) is 52.4. The number of hydrogen-bond donors (Lipinski definition) is 0. The first-order valence-electron chi connectivity index (χ1n) is 11.5. The second-order valence-corrected chi connectivity index (χ2v) is 9.73. The fourth-order valence-corrected chi connectivity index (χ4v) is 5.19. The first-order chi connectivity index (χ1) is 17.1. The number of esters is 1. The van der Waals surface area contributed by atoms with E-state index in [-0.39, 0.29) is 43.1 Å². The SMILES string of the molecule is COC(=O)C1CN(C(=O)/C=C/c2ccc(Sc3ccccc3C(C)C)c([N+](=O)[O-])c2)CCN1C(C)=O. The van der Waals surface area contributed by atoms with Crippen molar-refractivity contribution in [2.75, 3.05) is 26.7 Å². The average molecular weight is 512 g/mol. The topological polar surface area (TPSA) is 110 Å². The maximum Gasteiger partial charge on any atom is 0.330 e. The molecule has 10 heteroatoms. The summed E-state index contributed by atoms with van der Waals surface area (Å²) in [6, 6.07) is 11.8. The summed E-state index contributed by atoms with van der Waals surface area (Å²) < 4.78 is 4.78. The zero-order valence-electron chi connectivity index (χ0n) is 20.7. The third kappa shape index (κ3) is 6.31. The standard InChI is InChI=1S/C26H29N3O6S/c1-17(2)20-7-5-6-8-23(20)36-24-11-9-19(15-21(24)29(33)34)10-12-25(31)27-13-14-28(18(3)30)22(16-27)26(32)35-4/h5-12,15,17,22H,13-14,16H2,1-4H3/b12-10+. The van der Waals surface area contributed by atoms with Crippen molar-refractivity contribution in [3.05, 3.63) is 69.8 Å². The molecule has 2 aromatic rings. The number of piperazine rings is 1. The summed E-state index contributed by atoms with van der Waals surface area (Å²) in [5.41, 5.74) is 1.57. The van der Waals surface area contributed by atoms with Gasteiger partial charge in [0, 0.05) is 37.1 Å². The predicted molar refractivity (Wildman–Crippen MR) is 137 cm³/mol. The van der Waals surface area contributed by atoms with Gasteiger partial charge in [0.15, 0.2) is 0 Å². The van der Waals surface area contributed by atoms with E-state index in [9.17, 15) is 24.5 Å². The Morgan fingerprint density at radius 2 is 1.86 bits per heavy atom. The minimum atomic E-state index is -0.871. The second kappa shape index (κ2) is 11.9. The number of nitro groups is 1. The van der Waals surface area contributed by atoms with Gasteiger partial charge < -0.3 is 14.5 Å². The van der Waals surface area contributed by atoms with Crippen LogP contribution in [-0.4, -0.2) is 65.3 Å². The van der Waals surface area contributed by atoms with Crippen molar-refractivity contribution in [1.29, 1.82) is 0 Å². The van der Waals surface area contributed by atoms with Gasteiger partial charge >= 0.3 is 5.97 Å². The number of nitrogens with zero attached hydrogens (tertiary/aromatic N) is 3. The first kappa shape index (κ1) is 26.9. The van der Waals surface area contributed by atoms with Crippen molar-refractivity contribution in [2.24, 2.45) is 0 Å². The molecule has 0 bridgehead atoms. The molecule has 0 radical (unpaired) electrons. The van der Waals surface area contributed by atoms with Crippen molar-refractivity contribution in [2.45, 2.75) is 42.5 Å². The highest BCUT2D eigenvalue weighted by atomic mass is 32.2. The molecule has 1 fully saturated rings. The number of hydrogen-bond acceptors (Lipinski definition) is 7. The predicted octanol–water partition coefficient (Wildman–Crippen LogP) is 4.11. The Morgan fingerprint density at radius 1 is 1.14 bits per heavy atom. The Morgan fingerprint density at radius 3 is 2.50 bits per heavy atom. The fourth-order valence-electron chi connectivity index (χ4n) is 4.01. The van der Waals surface area contributed by atoms with Crippen molar-refractivity contribution < 1.29 is 24.0 Å². The van der Waals surface area contributed by atoms with E-state index in [2.05, 4.69) is 13.8 Å². The number of carbonyl (C=O) groups is 3. The van der Waals surface area contributed by atoms with Gasteiger partial charge in [-0.3, -0.25) is 19.7 Å². The van der Waals surface area contributed by atoms with Crippen LogP contribution in [0, 0.1) is 10.1 Å². The lowest BCUT2D eigenvalue weighted by atomic mass is 10.0. The van der Waals surface area contributed by atoms with E-state index >= 15 is 0 Å². The largest absolute Gasteiger partial charge is 0.467 e. The molecule has 1 heterocycles. The van der Waals surface area contributed by atoms with E-state index in [1.165, 1.54) is 53.8 Å². The van der Waals surface area contributed by atoms with E-state index < -0.39 is 16.9 Å². The van der Waals surface area contributed by atoms with Gasteiger partial charge in [0.05, 0.1) is 23.5 Å². The average Bonchev–Trinajstić information content (AvgIpc) is 2.86. The molecule has 190 valence electrons. The monoisotopic (exact) mass is 511 g/mol. The van der Waals surface area contributed by atoms with Gasteiger partial charge in [-0.25, -0.2) is 4.79 Å². The van der Waals surface area contributed by atoms with Crippen LogP contribution in [0.4, 0.5) is 5.69 Å². The summed E-state index contributed by atoms with van der Waals surface area (Å²) in [7, 11) is 1.23. The molecule has 0 saturated carbocycles. The van der Waals surface area contributed by atoms with Crippen LogP contribution in [-0.2, 0) is 19.1 Å². The Kier molecular flexibility index (Phi) is 8.87. The van der Waals surface area contributed by atoms with Crippen LogP contribution in [0.2, 0.25) is 0 Å². The number of carbonyl (C=O) groups excluding carboxylic acids is 3. The van der Waals surface area contributed by atoms with Crippen LogP contribution in [0.3, 0.4) is 0 Å². The molecule has 2 amide bonds. The van der Waals surface area contributed by atoms with Gasteiger partial charge in [-0.05, 0) is 35.3 Å². The molecule has 1 aliphatic heterocycles. The lowest BCUT2D eigenvalue weighted by molar-refractivity contribution is -0.387. The maximum absolute atomic E-state index is 12.8. The van der Waals surface area contributed by atoms with Crippen molar-refractivity contribution in [3.8, 4) is 0 Å². The molecule has 3 rings (SSSR count). The molecule has 1 atom stereocenters. The number of ether oxygens (including phenoxy) is 1. The highest BCUT2D eigenvalue weighted by Crippen LogP contribution is 2.39. The fraction of sp³-hybridized carbons (Fsp3) is 0.346. The Labute approximate surface area is 214 Å². The van der Waals surface area contributed by atoms with Crippen LogP contribution in [0.5, 0.6) is 0 Å². The van der Waals surface area contributed by atoms with Gasteiger partial charge in [-0.1, -0.05) is 49.9 Å². The van der Waals surface area contributed by atoms with E-state index in [0.29, 0.717) is 10.5 Å². The number of amides is 2. The zero-order chi connectivity index (χ0) is 26.4. The summed E-state index contributed by atoms with van der Waals surface area (Å²) in [5, 5.41) is 11.8. The quantitative estimate of drug-likeness (QED) is 0.238. The van der Waals surface area contributed by atoms with Crippen molar-refractivity contribution in [3.63, 3.8) is 0 Å². The normalized spacial score (nSPS) is 15.9. The second-order valence-electron chi connectivity index (χ2n) is 8.65. The Balaban J connectivity index is 1.78. The lowest BCUT2D eigenvalue weighted by Gasteiger charge is -2.39. The Hall–Kier alpha value is -3.66. The number of benzene rings is 2. The summed E-state index contributed by atoms with van der Waals surface area (Å²) in [5.74, 6) is -0.945. The molecule has 36 heavy (non-hydrogen) atoms. The van der Waals surface area contributed by atoms with Crippen molar-refractivity contribution >= 4 is 41.3 Å². The van der Waals surface area contributed by atoms with Gasteiger partial charge in [0.2, 0.25) is 11.8 Å². The van der Waals surface area contributed by atoms with Gasteiger partial charge in [0.1, 0.15) is 6.04 Å². The molecular formula is C26H29N3O6S. The highest BCUT2D eigenvalue weighted by molar-refractivity contribution is 7.99. The lowest BCUT2D eigenvalue weighted by Crippen LogP contribution is -2.59. The molecule has 1 saturated heterocycles. The van der Waals surface area contributed by atoms with Gasteiger partial charge in [-0.2, -0.15) is 0 Å². The molecule has 0 aromatic heterocycles. The third-order valence-corrected chi connectivity index (χ3v) is 7.09. The van der Waals surface area contributed by atoms with Crippen LogP contribution < -0.4 is 0 Å². The summed E-state index contributed by atoms with van der Waals surface area (Å²) in [6.45, 7) is 6.01. The molecule has 0 N–H and O–H groups in total. The summed E-state index contributed by atoms with van der Waals surface area (Å²) >= 11 is 1.34. The highest BCUT2D eigenvalue weighted by Gasteiger charge is 2.35. The maximum atomic E-state index is 12.8. The van der Waals surface area contributed by atoms with E-state index in [4.69, 9.17) is 4.74 Å².